The van der Waals surface area contributed by atoms with Gasteiger partial charge in [0, 0.05) is 24.6 Å². The number of carbonyl (C=O) groups is 1. The summed E-state index contributed by atoms with van der Waals surface area (Å²) < 4.78 is 47.0. The van der Waals surface area contributed by atoms with Crippen molar-refractivity contribution >= 4 is 11.8 Å². The predicted octanol–water partition coefficient (Wildman–Crippen LogP) is 2.71. The lowest BCUT2D eigenvalue weighted by molar-refractivity contribution is 0.0246. The van der Waals surface area contributed by atoms with Gasteiger partial charge < -0.3 is 10.5 Å². The molecule has 9 heteroatoms. The van der Waals surface area contributed by atoms with E-state index in [0.29, 0.717) is 11.1 Å². The van der Waals surface area contributed by atoms with E-state index in [2.05, 4.69) is 9.98 Å². The van der Waals surface area contributed by atoms with Gasteiger partial charge in [-0.15, -0.1) is 0 Å². The van der Waals surface area contributed by atoms with Crippen molar-refractivity contribution in [1.82, 2.24) is 4.98 Å². The number of aliphatic imine (C=N–C) groups is 1. The molecular formula is C19H15F3N4O2. The Morgan fingerprint density at radius 3 is 2.75 bits per heavy atom. The Morgan fingerprint density at radius 1 is 1.36 bits per heavy atom. The van der Waals surface area contributed by atoms with Crippen molar-refractivity contribution in [2.24, 2.45) is 10.7 Å². The molecule has 2 heterocycles. The number of nitrogens with two attached hydrogens (primary N) is 1. The van der Waals surface area contributed by atoms with E-state index >= 15 is 0 Å². The fourth-order valence-corrected chi connectivity index (χ4v) is 2.98. The number of hydrogen-bond donors (Lipinski definition) is 1. The largest absolute Gasteiger partial charge is 0.465 e. The van der Waals surface area contributed by atoms with E-state index in [4.69, 9.17) is 15.7 Å². The molecule has 1 aromatic heterocycles. The second kappa shape index (κ2) is 7.68. The van der Waals surface area contributed by atoms with Gasteiger partial charge >= 0.3 is 0 Å². The first-order chi connectivity index (χ1) is 13.4. The topological polar surface area (TPSA) is 101 Å². The van der Waals surface area contributed by atoms with E-state index in [1.54, 1.807) is 0 Å². The number of nitriles is 1. The Hall–Kier alpha value is -3.41. The maximum Gasteiger partial charge on any atom is 0.283 e. The van der Waals surface area contributed by atoms with Crippen molar-refractivity contribution in [3.8, 4) is 6.07 Å². The minimum absolute atomic E-state index is 0.113. The van der Waals surface area contributed by atoms with Crippen LogP contribution in [-0.2, 0) is 16.7 Å². The SMILES string of the molecule is N#Cc1ccc(C(=O)Cc2ccc(F)c([C@]3(C(F)F)CCOC(N)=N3)c2)nc1. The van der Waals surface area contributed by atoms with Crippen LogP contribution < -0.4 is 5.73 Å². The third kappa shape index (κ3) is 3.67. The standard InChI is InChI=1S/C19H15F3N4O2/c20-14-3-1-11(8-16(27)15-4-2-12(9-23)10-25-15)7-13(14)19(17(21)22)5-6-28-18(24)26-19/h1-4,7,10,17H,5-6,8H2,(H2,24,26)/t19-/m0/s1. The third-order valence-corrected chi connectivity index (χ3v) is 4.44. The highest BCUT2D eigenvalue weighted by Crippen LogP contribution is 2.40. The van der Waals surface area contributed by atoms with Gasteiger partial charge in [0.1, 0.15) is 17.6 Å². The average molecular weight is 388 g/mol. The zero-order valence-electron chi connectivity index (χ0n) is 14.5. The van der Waals surface area contributed by atoms with Crippen molar-refractivity contribution in [2.75, 3.05) is 6.61 Å². The second-order valence-corrected chi connectivity index (χ2v) is 6.23. The Balaban J connectivity index is 1.93. The molecule has 0 unspecified atom stereocenters. The summed E-state index contributed by atoms with van der Waals surface area (Å²) in [6, 6.07) is 7.86. The molecule has 0 spiro atoms. The first kappa shape index (κ1) is 19.4. The zero-order valence-corrected chi connectivity index (χ0v) is 14.5. The van der Waals surface area contributed by atoms with Crippen molar-refractivity contribution in [1.29, 1.82) is 5.26 Å². The van der Waals surface area contributed by atoms with Crippen LogP contribution in [-0.4, -0.2) is 29.8 Å². The third-order valence-electron chi connectivity index (χ3n) is 4.44. The van der Waals surface area contributed by atoms with Crippen LogP contribution in [0.2, 0.25) is 0 Å². The van der Waals surface area contributed by atoms with Gasteiger partial charge in [-0.1, -0.05) is 6.07 Å². The number of amidine groups is 1. The summed E-state index contributed by atoms with van der Waals surface area (Å²) in [6.45, 7) is -0.128. The zero-order chi connectivity index (χ0) is 20.3. The van der Waals surface area contributed by atoms with Crippen LogP contribution in [0.15, 0.2) is 41.5 Å². The molecule has 1 aromatic carbocycles. The summed E-state index contributed by atoms with van der Waals surface area (Å²) in [5.41, 5.74) is 3.67. The van der Waals surface area contributed by atoms with Gasteiger partial charge in [0.2, 0.25) is 0 Å². The quantitative estimate of drug-likeness (QED) is 0.794. The van der Waals surface area contributed by atoms with Gasteiger partial charge in [0.25, 0.3) is 12.4 Å². The van der Waals surface area contributed by atoms with E-state index < -0.39 is 29.6 Å². The van der Waals surface area contributed by atoms with Gasteiger partial charge in [0.15, 0.2) is 11.3 Å². The molecule has 0 aliphatic carbocycles. The molecule has 0 fully saturated rings. The molecule has 0 saturated heterocycles. The summed E-state index contributed by atoms with van der Waals surface area (Å²) in [6.07, 6.45) is -2.19. The van der Waals surface area contributed by atoms with E-state index in [-0.39, 0.29) is 30.7 Å². The predicted molar refractivity (Wildman–Crippen MR) is 93.3 cm³/mol. The molecular weight excluding hydrogens is 373 g/mol. The normalized spacial score (nSPS) is 18.9. The van der Waals surface area contributed by atoms with E-state index in [1.165, 1.54) is 30.5 Å². The maximum absolute atomic E-state index is 14.4. The summed E-state index contributed by atoms with van der Waals surface area (Å²) in [5.74, 6) is -1.27. The number of pyridine rings is 1. The van der Waals surface area contributed by atoms with Crippen LogP contribution in [0, 0.1) is 17.1 Å². The van der Waals surface area contributed by atoms with Crippen molar-refractivity contribution in [2.45, 2.75) is 24.8 Å². The lowest BCUT2D eigenvalue weighted by Gasteiger charge is -2.33. The van der Waals surface area contributed by atoms with Gasteiger partial charge in [-0.2, -0.15) is 5.26 Å². The first-order valence-electron chi connectivity index (χ1n) is 8.30. The van der Waals surface area contributed by atoms with Gasteiger partial charge in [-0.05, 0) is 29.8 Å². The van der Waals surface area contributed by atoms with E-state index in [9.17, 15) is 18.0 Å². The number of ketones is 1. The van der Waals surface area contributed by atoms with Crippen LogP contribution in [0.3, 0.4) is 0 Å². The number of ether oxygens (including phenoxy) is 1. The lowest BCUT2D eigenvalue weighted by atomic mass is 9.85. The lowest BCUT2D eigenvalue weighted by Crippen LogP contribution is -2.41. The molecule has 0 amide bonds. The Morgan fingerprint density at radius 2 is 2.14 bits per heavy atom. The van der Waals surface area contributed by atoms with Crippen molar-refractivity contribution in [3.63, 3.8) is 0 Å². The van der Waals surface area contributed by atoms with Crippen LogP contribution in [0.5, 0.6) is 0 Å². The smallest absolute Gasteiger partial charge is 0.283 e. The average Bonchev–Trinajstić information content (AvgIpc) is 2.69. The molecule has 0 saturated carbocycles. The van der Waals surface area contributed by atoms with Gasteiger partial charge in [0.05, 0.1) is 12.2 Å². The number of aromatic nitrogens is 1. The number of benzene rings is 1. The highest BCUT2D eigenvalue weighted by Gasteiger charge is 2.46. The summed E-state index contributed by atoms with van der Waals surface area (Å²) in [7, 11) is 0. The van der Waals surface area contributed by atoms with Crippen LogP contribution in [0.1, 0.15) is 33.6 Å². The Labute approximate surface area is 158 Å². The summed E-state index contributed by atoms with van der Waals surface area (Å²) >= 11 is 0. The highest BCUT2D eigenvalue weighted by atomic mass is 19.3. The Bertz CT molecular complexity index is 970. The molecule has 1 aliphatic heterocycles. The van der Waals surface area contributed by atoms with Crippen LogP contribution in [0.25, 0.3) is 0 Å². The monoisotopic (exact) mass is 388 g/mol. The number of hydrogen-bond acceptors (Lipinski definition) is 6. The molecule has 28 heavy (non-hydrogen) atoms. The summed E-state index contributed by atoms with van der Waals surface area (Å²) in [4.78, 5) is 20.0. The Kier molecular flexibility index (Phi) is 5.31. The van der Waals surface area contributed by atoms with E-state index in [0.717, 1.165) is 6.07 Å². The molecule has 2 aromatic rings. The van der Waals surface area contributed by atoms with Gasteiger partial charge in [-0.25, -0.2) is 18.2 Å². The molecule has 0 bridgehead atoms. The molecule has 2 N–H and O–H groups in total. The highest BCUT2D eigenvalue weighted by molar-refractivity contribution is 5.95. The van der Waals surface area contributed by atoms with Crippen LogP contribution in [0.4, 0.5) is 13.2 Å². The minimum Gasteiger partial charge on any atom is -0.465 e. The van der Waals surface area contributed by atoms with Crippen LogP contribution >= 0.6 is 0 Å². The number of alkyl halides is 2. The fourth-order valence-electron chi connectivity index (χ4n) is 2.98. The molecule has 6 nitrogen and oxygen atoms in total. The van der Waals surface area contributed by atoms with E-state index in [1.807, 2.05) is 6.07 Å². The second-order valence-electron chi connectivity index (χ2n) is 6.23. The van der Waals surface area contributed by atoms with Crippen molar-refractivity contribution in [3.05, 3.63) is 64.7 Å². The molecule has 144 valence electrons. The number of Topliss-reactive ketones (excluding diaryl/α,β-unsaturated/α-hetero) is 1. The number of nitrogens with zero attached hydrogens (tertiary/aromatic N) is 3. The number of halogens is 3. The van der Waals surface area contributed by atoms with Crippen molar-refractivity contribution < 1.29 is 22.7 Å². The van der Waals surface area contributed by atoms with Gasteiger partial charge in [-0.3, -0.25) is 9.78 Å². The minimum atomic E-state index is -3.02. The maximum atomic E-state index is 14.4. The summed E-state index contributed by atoms with van der Waals surface area (Å²) in [5, 5.41) is 8.77. The number of rotatable bonds is 5. The number of carbonyl (C=O) groups excluding carboxylic acids is 1. The molecule has 1 aliphatic rings. The molecule has 1 atom stereocenters. The molecule has 0 radical (unpaired) electrons. The fraction of sp³-hybridized carbons (Fsp3) is 0.263. The molecule has 3 rings (SSSR count). The first-order valence-corrected chi connectivity index (χ1v) is 8.30.